The Bertz CT molecular complexity index is 814. The molecule has 26 heavy (non-hydrogen) atoms. The molecule has 0 saturated heterocycles. The Morgan fingerprint density at radius 1 is 1.35 bits per heavy atom. The molecule has 0 atom stereocenters. The molecular weight excluding hydrogens is 377 g/mol. The number of hydrogen-bond donors (Lipinski definition) is 2. The van der Waals surface area contributed by atoms with E-state index in [0.29, 0.717) is 28.8 Å². The van der Waals surface area contributed by atoms with Gasteiger partial charge in [0, 0.05) is 24.7 Å². The maximum absolute atomic E-state index is 14.4. The standard InChI is InChI=1S/C18H23ClFN3O2S/c1-4-12-6-7-14(13(20)10-12)21-18-17(22-26-9-5-8-19)15(25-3)11-16(24)23(18)2/h6-7,10-11,21-22H,4-5,8-9H2,1-3H3. The van der Waals surface area contributed by atoms with Gasteiger partial charge in [0.1, 0.15) is 17.3 Å². The summed E-state index contributed by atoms with van der Waals surface area (Å²) in [5.74, 6) is 1.80. The van der Waals surface area contributed by atoms with Crippen LogP contribution in [0.2, 0.25) is 0 Å². The van der Waals surface area contributed by atoms with Gasteiger partial charge in [-0.2, -0.15) is 0 Å². The number of nitrogens with zero attached hydrogens (tertiary/aromatic N) is 1. The predicted octanol–water partition coefficient (Wildman–Crippen LogP) is 4.53. The van der Waals surface area contributed by atoms with Crippen molar-refractivity contribution < 1.29 is 9.13 Å². The number of methoxy groups -OCH3 is 1. The molecular formula is C18H23ClFN3O2S. The number of aryl methyl sites for hydroxylation is 1. The summed E-state index contributed by atoms with van der Waals surface area (Å²) < 4.78 is 24.3. The van der Waals surface area contributed by atoms with Gasteiger partial charge in [-0.1, -0.05) is 24.9 Å². The van der Waals surface area contributed by atoms with Crippen LogP contribution in [0.25, 0.3) is 0 Å². The van der Waals surface area contributed by atoms with E-state index >= 15 is 0 Å². The Labute approximate surface area is 162 Å². The van der Waals surface area contributed by atoms with Gasteiger partial charge < -0.3 is 14.8 Å². The number of alkyl halides is 1. The van der Waals surface area contributed by atoms with Crippen LogP contribution in [-0.4, -0.2) is 23.3 Å². The van der Waals surface area contributed by atoms with Crippen LogP contribution in [0, 0.1) is 5.82 Å². The van der Waals surface area contributed by atoms with Crippen molar-refractivity contribution in [2.45, 2.75) is 19.8 Å². The van der Waals surface area contributed by atoms with Crippen LogP contribution in [0.5, 0.6) is 5.75 Å². The van der Waals surface area contributed by atoms with Gasteiger partial charge in [0.15, 0.2) is 5.75 Å². The first kappa shape index (κ1) is 20.5. The van der Waals surface area contributed by atoms with Crippen LogP contribution in [0.4, 0.5) is 21.6 Å². The molecule has 0 radical (unpaired) electrons. The van der Waals surface area contributed by atoms with E-state index in [1.165, 1.54) is 35.8 Å². The maximum atomic E-state index is 14.4. The molecule has 0 aliphatic heterocycles. The highest BCUT2D eigenvalue weighted by atomic mass is 35.5. The zero-order valence-electron chi connectivity index (χ0n) is 15.1. The van der Waals surface area contributed by atoms with Crippen molar-refractivity contribution in [1.29, 1.82) is 0 Å². The largest absolute Gasteiger partial charge is 0.494 e. The van der Waals surface area contributed by atoms with E-state index in [1.54, 1.807) is 13.1 Å². The Hall–Kier alpha value is -1.86. The van der Waals surface area contributed by atoms with E-state index in [4.69, 9.17) is 16.3 Å². The highest BCUT2D eigenvalue weighted by Gasteiger charge is 2.16. The van der Waals surface area contributed by atoms with Gasteiger partial charge in [0.05, 0.1) is 12.8 Å². The lowest BCUT2D eigenvalue weighted by Crippen LogP contribution is -2.20. The number of hydrogen-bond acceptors (Lipinski definition) is 5. The van der Waals surface area contributed by atoms with Gasteiger partial charge in [0.2, 0.25) is 0 Å². The summed E-state index contributed by atoms with van der Waals surface area (Å²) in [4.78, 5) is 12.2. The lowest BCUT2D eigenvalue weighted by Gasteiger charge is -2.19. The molecule has 0 bridgehead atoms. The second kappa shape index (κ2) is 9.73. The second-order valence-corrected chi connectivity index (χ2v) is 6.90. The highest BCUT2D eigenvalue weighted by Crippen LogP contribution is 2.35. The predicted molar refractivity (Wildman–Crippen MR) is 109 cm³/mol. The van der Waals surface area contributed by atoms with Crippen molar-refractivity contribution in [2.75, 3.05) is 28.8 Å². The third kappa shape index (κ3) is 4.86. The lowest BCUT2D eigenvalue weighted by atomic mass is 10.1. The number of nitrogens with one attached hydrogen (secondary N) is 2. The van der Waals surface area contributed by atoms with Gasteiger partial charge in [-0.3, -0.25) is 9.36 Å². The molecule has 0 spiro atoms. The molecule has 0 unspecified atom stereocenters. The van der Waals surface area contributed by atoms with Gasteiger partial charge in [-0.25, -0.2) is 4.39 Å². The molecule has 0 fully saturated rings. The molecule has 142 valence electrons. The lowest BCUT2D eigenvalue weighted by molar-refractivity contribution is 0.415. The topological polar surface area (TPSA) is 55.3 Å². The van der Waals surface area contributed by atoms with Gasteiger partial charge >= 0.3 is 0 Å². The summed E-state index contributed by atoms with van der Waals surface area (Å²) in [6, 6.07) is 6.41. The van der Waals surface area contributed by atoms with Gasteiger partial charge in [-0.15, -0.1) is 11.6 Å². The molecule has 0 aliphatic carbocycles. The van der Waals surface area contributed by atoms with Gasteiger partial charge in [-0.05, 0) is 30.5 Å². The molecule has 0 saturated carbocycles. The number of halogens is 2. The fourth-order valence-electron chi connectivity index (χ4n) is 2.34. The third-order valence-electron chi connectivity index (χ3n) is 3.87. The van der Waals surface area contributed by atoms with Crippen molar-refractivity contribution in [3.8, 4) is 5.75 Å². The molecule has 1 heterocycles. The first-order chi connectivity index (χ1) is 12.5. The van der Waals surface area contributed by atoms with Crippen molar-refractivity contribution in [1.82, 2.24) is 4.57 Å². The van der Waals surface area contributed by atoms with Crippen molar-refractivity contribution >= 4 is 40.7 Å². The minimum atomic E-state index is -0.375. The van der Waals surface area contributed by atoms with E-state index in [-0.39, 0.29) is 11.4 Å². The smallest absolute Gasteiger partial charge is 0.255 e. The number of anilines is 3. The molecule has 0 aliphatic rings. The second-order valence-electron chi connectivity index (χ2n) is 5.62. The fraction of sp³-hybridized carbons (Fsp3) is 0.389. The Morgan fingerprint density at radius 3 is 2.73 bits per heavy atom. The summed E-state index contributed by atoms with van der Waals surface area (Å²) >= 11 is 7.15. The van der Waals surface area contributed by atoms with Crippen LogP contribution in [-0.2, 0) is 13.5 Å². The zero-order chi connectivity index (χ0) is 19.1. The summed E-state index contributed by atoms with van der Waals surface area (Å²) in [7, 11) is 3.11. The monoisotopic (exact) mass is 399 g/mol. The molecule has 1 aromatic carbocycles. The SMILES string of the molecule is CCc1ccc(Nc2c(NSCCCCl)c(OC)cc(=O)n2C)c(F)c1. The first-order valence-electron chi connectivity index (χ1n) is 8.29. The van der Waals surface area contributed by atoms with Crippen LogP contribution in [0.15, 0.2) is 29.1 Å². The summed E-state index contributed by atoms with van der Waals surface area (Å²) in [6.45, 7) is 1.97. The van der Waals surface area contributed by atoms with E-state index in [0.717, 1.165) is 24.2 Å². The number of pyridine rings is 1. The number of benzene rings is 1. The van der Waals surface area contributed by atoms with Crippen molar-refractivity contribution in [3.05, 3.63) is 46.0 Å². The zero-order valence-corrected chi connectivity index (χ0v) is 16.6. The summed E-state index contributed by atoms with van der Waals surface area (Å²) in [6.07, 6.45) is 1.59. The average molecular weight is 400 g/mol. The fourth-order valence-corrected chi connectivity index (χ4v) is 3.36. The molecule has 5 nitrogen and oxygen atoms in total. The van der Waals surface area contributed by atoms with Crippen LogP contribution in [0.1, 0.15) is 18.9 Å². The van der Waals surface area contributed by atoms with E-state index < -0.39 is 0 Å². The Kier molecular flexibility index (Phi) is 7.66. The van der Waals surface area contributed by atoms with Crippen LogP contribution >= 0.6 is 23.5 Å². The number of rotatable bonds is 9. The Balaban J connectivity index is 2.41. The minimum absolute atomic E-state index is 0.258. The van der Waals surface area contributed by atoms with Gasteiger partial charge in [0.25, 0.3) is 5.56 Å². The summed E-state index contributed by atoms with van der Waals surface area (Å²) in [5.41, 5.74) is 1.52. The van der Waals surface area contributed by atoms with E-state index in [9.17, 15) is 9.18 Å². The first-order valence-corrected chi connectivity index (χ1v) is 9.81. The highest BCUT2D eigenvalue weighted by molar-refractivity contribution is 8.00. The molecule has 2 aromatic rings. The molecule has 1 aromatic heterocycles. The minimum Gasteiger partial charge on any atom is -0.494 e. The third-order valence-corrected chi connectivity index (χ3v) is 4.98. The average Bonchev–Trinajstić information content (AvgIpc) is 2.64. The van der Waals surface area contributed by atoms with Crippen LogP contribution < -0.4 is 20.3 Å². The molecule has 0 amide bonds. The van der Waals surface area contributed by atoms with Crippen LogP contribution in [0.3, 0.4) is 0 Å². The van der Waals surface area contributed by atoms with E-state index in [1.807, 2.05) is 13.0 Å². The normalized spacial score (nSPS) is 10.7. The molecule has 2 N–H and O–H groups in total. The molecule has 2 rings (SSSR count). The Morgan fingerprint density at radius 2 is 2.12 bits per heavy atom. The molecule has 8 heteroatoms. The summed E-state index contributed by atoms with van der Waals surface area (Å²) in [5, 5.41) is 3.02. The van der Waals surface area contributed by atoms with Crippen molar-refractivity contribution in [2.24, 2.45) is 7.05 Å². The quantitative estimate of drug-likeness (QED) is 0.368. The number of ether oxygens (including phenoxy) is 1. The number of aromatic nitrogens is 1. The maximum Gasteiger partial charge on any atom is 0.255 e. The van der Waals surface area contributed by atoms with E-state index in [2.05, 4.69) is 10.0 Å². The van der Waals surface area contributed by atoms with Crippen molar-refractivity contribution in [3.63, 3.8) is 0 Å².